The first-order chi connectivity index (χ1) is 4.86. The van der Waals surface area contributed by atoms with Crippen LogP contribution in [0, 0.1) is 0 Å². The van der Waals surface area contributed by atoms with Gasteiger partial charge in [-0.05, 0) is 0 Å². The second kappa shape index (κ2) is 3.28. The van der Waals surface area contributed by atoms with E-state index in [4.69, 9.17) is 10.8 Å². The maximum Gasteiger partial charge on any atom is 0.108 e. The quantitative estimate of drug-likeness (QED) is 0.551. The highest BCUT2D eigenvalue weighted by Crippen LogP contribution is 1.90. The van der Waals surface area contributed by atoms with Crippen LogP contribution < -0.4 is 5.73 Å². The molecule has 5 nitrogen and oxygen atoms in total. The van der Waals surface area contributed by atoms with Crippen LogP contribution in [-0.4, -0.2) is 26.6 Å². The van der Waals surface area contributed by atoms with E-state index in [1.807, 2.05) is 0 Å². The number of aromatic nitrogens is 3. The average molecular weight is 142 g/mol. The molecule has 0 fully saturated rings. The van der Waals surface area contributed by atoms with Crippen LogP contribution >= 0.6 is 0 Å². The summed E-state index contributed by atoms with van der Waals surface area (Å²) in [6.45, 7) is 1.12. The van der Waals surface area contributed by atoms with Gasteiger partial charge in [-0.15, -0.1) is 5.10 Å². The highest BCUT2D eigenvalue weighted by molar-refractivity contribution is 4.88. The molecule has 0 atom stereocenters. The van der Waals surface area contributed by atoms with Gasteiger partial charge in [-0.25, -0.2) is 0 Å². The SMILES string of the molecule is NCCn1cc(CO)nn1. The Kier molecular flexibility index (Phi) is 2.35. The third-order valence-electron chi connectivity index (χ3n) is 1.11. The predicted octanol–water partition coefficient (Wildman–Crippen LogP) is -1.27. The summed E-state index contributed by atoms with van der Waals surface area (Å²) < 4.78 is 1.60. The number of rotatable bonds is 3. The van der Waals surface area contributed by atoms with E-state index in [1.54, 1.807) is 10.9 Å². The molecule has 0 bridgehead atoms. The number of nitrogens with zero attached hydrogens (tertiary/aromatic N) is 3. The van der Waals surface area contributed by atoms with Gasteiger partial charge < -0.3 is 10.8 Å². The second-order valence-corrected chi connectivity index (χ2v) is 1.92. The minimum atomic E-state index is -0.0649. The lowest BCUT2D eigenvalue weighted by molar-refractivity contribution is 0.276. The molecular formula is C5H10N4O. The molecule has 1 rings (SSSR count). The van der Waals surface area contributed by atoms with Crippen molar-refractivity contribution in [3.05, 3.63) is 11.9 Å². The summed E-state index contributed by atoms with van der Waals surface area (Å²) in [5.74, 6) is 0. The molecule has 1 aromatic rings. The molecule has 0 saturated heterocycles. The lowest BCUT2D eigenvalue weighted by atomic mass is 10.5. The zero-order chi connectivity index (χ0) is 7.40. The van der Waals surface area contributed by atoms with E-state index in [0.29, 0.717) is 18.8 Å². The summed E-state index contributed by atoms with van der Waals surface area (Å²) in [6, 6.07) is 0. The molecule has 3 N–H and O–H groups in total. The summed E-state index contributed by atoms with van der Waals surface area (Å²) in [5, 5.41) is 15.9. The van der Waals surface area contributed by atoms with Crippen LogP contribution in [0.15, 0.2) is 6.20 Å². The first kappa shape index (κ1) is 7.17. The van der Waals surface area contributed by atoms with Crippen molar-refractivity contribution in [1.82, 2.24) is 15.0 Å². The van der Waals surface area contributed by atoms with Crippen LogP contribution in [0.5, 0.6) is 0 Å². The zero-order valence-electron chi connectivity index (χ0n) is 5.56. The maximum absolute atomic E-state index is 8.57. The first-order valence-corrected chi connectivity index (χ1v) is 3.06. The minimum absolute atomic E-state index is 0.0649. The topological polar surface area (TPSA) is 77.0 Å². The first-order valence-electron chi connectivity index (χ1n) is 3.06. The molecular weight excluding hydrogens is 132 g/mol. The highest BCUT2D eigenvalue weighted by Gasteiger charge is 1.95. The summed E-state index contributed by atoms with van der Waals surface area (Å²) in [5.41, 5.74) is 5.84. The van der Waals surface area contributed by atoms with E-state index in [-0.39, 0.29) is 6.61 Å². The zero-order valence-corrected chi connectivity index (χ0v) is 5.56. The Hall–Kier alpha value is -0.940. The largest absolute Gasteiger partial charge is 0.390 e. The Morgan fingerprint density at radius 2 is 2.50 bits per heavy atom. The van der Waals surface area contributed by atoms with Crippen molar-refractivity contribution in [3.8, 4) is 0 Å². The van der Waals surface area contributed by atoms with Crippen LogP contribution in [-0.2, 0) is 13.2 Å². The van der Waals surface area contributed by atoms with Gasteiger partial charge in [-0.3, -0.25) is 4.68 Å². The van der Waals surface area contributed by atoms with Gasteiger partial charge in [-0.2, -0.15) is 0 Å². The molecule has 0 aromatic carbocycles. The molecule has 0 unspecified atom stereocenters. The molecule has 0 radical (unpaired) electrons. The van der Waals surface area contributed by atoms with Crippen molar-refractivity contribution >= 4 is 0 Å². The van der Waals surface area contributed by atoms with Gasteiger partial charge in [0.25, 0.3) is 0 Å². The van der Waals surface area contributed by atoms with E-state index >= 15 is 0 Å². The lowest BCUT2D eigenvalue weighted by Crippen LogP contribution is -2.10. The van der Waals surface area contributed by atoms with Crippen LogP contribution in [0.3, 0.4) is 0 Å². The van der Waals surface area contributed by atoms with Crippen LogP contribution in [0.25, 0.3) is 0 Å². The monoisotopic (exact) mass is 142 g/mol. The molecule has 0 saturated carbocycles. The molecule has 0 aliphatic carbocycles. The van der Waals surface area contributed by atoms with Crippen molar-refractivity contribution in [2.24, 2.45) is 5.73 Å². The van der Waals surface area contributed by atoms with E-state index < -0.39 is 0 Å². The van der Waals surface area contributed by atoms with Crippen molar-refractivity contribution in [2.45, 2.75) is 13.2 Å². The van der Waals surface area contributed by atoms with Crippen LogP contribution in [0.4, 0.5) is 0 Å². The number of aliphatic hydroxyl groups is 1. The molecule has 5 heteroatoms. The highest BCUT2D eigenvalue weighted by atomic mass is 16.3. The Balaban J connectivity index is 2.59. The average Bonchev–Trinajstić information content (AvgIpc) is 2.37. The molecule has 0 aliphatic heterocycles. The van der Waals surface area contributed by atoms with Crippen molar-refractivity contribution in [2.75, 3.05) is 6.54 Å². The van der Waals surface area contributed by atoms with Crippen molar-refractivity contribution in [3.63, 3.8) is 0 Å². The smallest absolute Gasteiger partial charge is 0.108 e. The molecule has 1 heterocycles. The minimum Gasteiger partial charge on any atom is -0.390 e. The Morgan fingerprint density at radius 1 is 1.70 bits per heavy atom. The van der Waals surface area contributed by atoms with Crippen molar-refractivity contribution in [1.29, 1.82) is 0 Å². The second-order valence-electron chi connectivity index (χ2n) is 1.92. The Bertz CT molecular complexity index is 197. The van der Waals surface area contributed by atoms with Gasteiger partial charge in [0.15, 0.2) is 0 Å². The maximum atomic E-state index is 8.57. The number of aliphatic hydroxyl groups excluding tert-OH is 1. The molecule has 0 aliphatic rings. The molecule has 10 heavy (non-hydrogen) atoms. The molecule has 1 aromatic heterocycles. The fourth-order valence-electron chi connectivity index (χ4n) is 0.653. The molecule has 0 spiro atoms. The summed E-state index contributed by atoms with van der Waals surface area (Å²) in [4.78, 5) is 0. The fourth-order valence-corrected chi connectivity index (χ4v) is 0.653. The van der Waals surface area contributed by atoms with Gasteiger partial charge in [0.2, 0.25) is 0 Å². The van der Waals surface area contributed by atoms with E-state index in [2.05, 4.69) is 10.3 Å². The van der Waals surface area contributed by atoms with Gasteiger partial charge >= 0.3 is 0 Å². The Labute approximate surface area is 58.5 Å². The number of hydrogen-bond donors (Lipinski definition) is 2. The summed E-state index contributed by atoms with van der Waals surface area (Å²) in [7, 11) is 0. The van der Waals surface area contributed by atoms with Crippen LogP contribution in [0.2, 0.25) is 0 Å². The van der Waals surface area contributed by atoms with Gasteiger partial charge in [0.1, 0.15) is 5.69 Å². The van der Waals surface area contributed by atoms with Gasteiger partial charge in [-0.1, -0.05) is 5.21 Å². The standard InChI is InChI=1S/C5H10N4O/c6-1-2-9-3-5(4-10)7-8-9/h3,10H,1-2,4,6H2. The van der Waals surface area contributed by atoms with E-state index in [9.17, 15) is 0 Å². The Morgan fingerprint density at radius 3 is 3.00 bits per heavy atom. The van der Waals surface area contributed by atoms with Crippen LogP contribution in [0.1, 0.15) is 5.69 Å². The molecule has 56 valence electrons. The molecule has 0 amide bonds. The van der Waals surface area contributed by atoms with Gasteiger partial charge in [0.05, 0.1) is 19.3 Å². The predicted molar refractivity (Wildman–Crippen MR) is 35.0 cm³/mol. The third-order valence-corrected chi connectivity index (χ3v) is 1.11. The fraction of sp³-hybridized carbons (Fsp3) is 0.600. The summed E-state index contributed by atoms with van der Waals surface area (Å²) in [6.07, 6.45) is 1.67. The third kappa shape index (κ3) is 1.52. The van der Waals surface area contributed by atoms with E-state index in [1.165, 1.54) is 0 Å². The van der Waals surface area contributed by atoms with Crippen molar-refractivity contribution < 1.29 is 5.11 Å². The van der Waals surface area contributed by atoms with Gasteiger partial charge in [0, 0.05) is 6.54 Å². The summed E-state index contributed by atoms with van der Waals surface area (Å²) >= 11 is 0. The van der Waals surface area contributed by atoms with E-state index in [0.717, 1.165) is 0 Å². The number of hydrogen-bond acceptors (Lipinski definition) is 4. The lowest BCUT2D eigenvalue weighted by Gasteiger charge is -1.91. The normalized spacial score (nSPS) is 10.2. The number of nitrogens with two attached hydrogens (primary N) is 1.